The molecule has 70 heavy (non-hydrogen) atoms. The fraction of sp³-hybridized carbons (Fsp3) is 0.708. The van der Waals surface area contributed by atoms with Crippen molar-refractivity contribution < 1.29 is 14.3 Å². The smallest absolute Gasteiger partial charge is 0.309 e. The van der Waals surface area contributed by atoms with Crippen LogP contribution in [0, 0.1) is 55.2 Å². The topological polar surface area (TPSA) is 38.8 Å². The number of esters is 1. The largest absolute Gasteiger partial charge is 0.463 e. The zero-order valence-electron chi connectivity index (χ0n) is 49.5. The van der Waals surface area contributed by atoms with Crippen LogP contribution in [0.15, 0.2) is 90.6 Å². The molecule has 0 spiro atoms. The molecular weight excluding hydrogens is 878 g/mol. The fourth-order valence-electron chi connectivity index (χ4n) is 11.8. The molecular formula is C65H108ClNO3. The van der Waals surface area contributed by atoms with Gasteiger partial charge >= 0.3 is 5.97 Å². The first-order chi connectivity index (χ1) is 32.2. The van der Waals surface area contributed by atoms with Crippen molar-refractivity contribution in [1.82, 2.24) is 4.90 Å². The highest BCUT2D eigenvalue weighted by Crippen LogP contribution is 2.63. The molecule has 4 nitrogen and oxygen atoms in total. The van der Waals surface area contributed by atoms with Gasteiger partial charge in [0.1, 0.15) is 6.61 Å². The fourth-order valence-corrected chi connectivity index (χ4v) is 11.8. The molecule has 0 bridgehead atoms. The summed E-state index contributed by atoms with van der Waals surface area (Å²) < 4.78 is 11.7. The van der Waals surface area contributed by atoms with Gasteiger partial charge in [0.05, 0.1) is 12.5 Å². The maximum Gasteiger partial charge on any atom is 0.309 e. The van der Waals surface area contributed by atoms with Crippen LogP contribution in [0.4, 0.5) is 0 Å². The van der Waals surface area contributed by atoms with Crippen molar-refractivity contribution in [1.29, 1.82) is 0 Å². The van der Waals surface area contributed by atoms with Gasteiger partial charge in [-0.1, -0.05) is 222 Å². The van der Waals surface area contributed by atoms with Crippen LogP contribution in [0.1, 0.15) is 211 Å². The first-order valence-corrected chi connectivity index (χ1v) is 27.7. The van der Waals surface area contributed by atoms with Crippen LogP contribution in [-0.4, -0.2) is 51.2 Å². The maximum atomic E-state index is 15.1. The first-order valence-electron chi connectivity index (χ1n) is 27.2. The van der Waals surface area contributed by atoms with Gasteiger partial charge in [0.25, 0.3) is 0 Å². The van der Waals surface area contributed by atoms with Crippen molar-refractivity contribution in [3.63, 3.8) is 0 Å². The Morgan fingerprint density at radius 2 is 1.26 bits per heavy atom. The van der Waals surface area contributed by atoms with Crippen LogP contribution < -0.4 is 0 Å². The number of carbonyl (C=O) groups excluding carboxylic acids is 1. The van der Waals surface area contributed by atoms with E-state index in [0.29, 0.717) is 24.8 Å². The second-order valence-corrected chi connectivity index (χ2v) is 27.0. The van der Waals surface area contributed by atoms with Gasteiger partial charge < -0.3 is 14.4 Å². The van der Waals surface area contributed by atoms with Crippen molar-refractivity contribution in [2.45, 2.75) is 201 Å². The van der Waals surface area contributed by atoms with Crippen LogP contribution >= 0.6 is 11.6 Å². The van der Waals surface area contributed by atoms with Gasteiger partial charge in [-0.3, -0.25) is 4.79 Å². The van der Waals surface area contributed by atoms with E-state index >= 15 is 4.79 Å². The number of hydrogen-bond donors (Lipinski definition) is 0. The van der Waals surface area contributed by atoms with E-state index in [9.17, 15) is 0 Å². The maximum absolute atomic E-state index is 15.1. The Bertz CT molecular complexity index is 1960. The number of allylic oxidation sites excluding steroid dienone is 5. The molecule has 2 aromatic rings. The summed E-state index contributed by atoms with van der Waals surface area (Å²) >= 11 is 6.32. The molecule has 0 aliphatic heterocycles. The lowest BCUT2D eigenvalue weighted by atomic mass is 9.47. The van der Waals surface area contributed by atoms with E-state index in [2.05, 4.69) is 230 Å². The average Bonchev–Trinajstić information content (AvgIpc) is 3.29. The predicted molar refractivity (Wildman–Crippen MR) is 307 cm³/mol. The zero-order valence-corrected chi connectivity index (χ0v) is 50.2. The summed E-state index contributed by atoms with van der Waals surface area (Å²) in [7, 11) is 5.92. The van der Waals surface area contributed by atoms with Gasteiger partial charge in [-0.2, -0.15) is 0 Å². The van der Waals surface area contributed by atoms with Gasteiger partial charge in [-0.15, -0.1) is 11.6 Å². The van der Waals surface area contributed by atoms with Crippen molar-refractivity contribution in [2.24, 2.45) is 55.2 Å². The standard InChI is InChI=1S/C65H108ClNO3/c1-24-50(36-33-48(5)46-66)54(43-59(9,10)25-2)63(17,18)64(19,26-3)45-55(51-31-29-28-30-32-51)62(15,16)61(13,14)44-56(57(68)70-42-41-69-23)65(20,27-4)60(11,12)40-39-53(58(6,7)8)52-37-34-49(35-38-52)47-67(21)22/h24,28-38,53-56H,1,25-27,39-47H2,2-23H3/b48-33+,50-36+. The number of halogens is 1. The Morgan fingerprint density at radius 3 is 1.73 bits per heavy atom. The number of hydrogen-bond acceptors (Lipinski definition) is 4. The summed E-state index contributed by atoms with van der Waals surface area (Å²) in [6, 6.07) is 20.6. The lowest BCUT2D eigenvalue weighted by Gasteiger charge is -2.57. The number of carbonyl (C=O) groups is 1. The lowest BCUT2D eigenvalue weighted by Crippen LogP contribution is -2.50. The number of rotatable bonds is 30. The van der Waals surface area contributed by atoms with Crippen LogP contribution in [0.25, 0.3) is 0 Å². The zero-order chi connectivity index (χ0) is 53.7. The number of ether oxygens (including phenoxy) is 2. The summed E-state index contributed by atoms with van der Waals surface area (Å²) in [5.74, 6) is 0.885. The van der Waals surface area contributed by atoms with Crippen LogP contribution in [0.2, 0.25) is 0 Å². The van der Waals surface area contributed by atoms with E-state index in [1.54, 1.807) is 7.11 Å². The molecule has 0 saturated carbocycles. The highest BCUT2D eigenvalue weighted by Gasteiger charge is 2.56. The summed E-state index contributed by atoms with van der Waals surface area (Å²) in [5.41, 5.74) is 5.41. The highest BCUT2D eigenvalue weighted by atomic mass is 35.5. The highest BCUT2D eigenvalue weighted by molar-refractivity contribution is 6.19. The number of benzene rings is 2. The lowest BCUT2D eigenvalue weighted by molar-refractivity contribution is -0.164. The number of alkyl halides is 1. The van der Waals surface area contributed by atoms with Gasteiger partial charge in [0.15, 0.2) is 0 Å². The Balaban J connectivity index is 2.85. The molecule has 0 fully saturated rings. The van der Waals surface area contributed by atoms with Gasteiger partial charge in [-0.05, 0) is 143 Å². The van der Waals surface area contributed by atoms with Crippen LogP contribution in [0.3, 0.4) is 0 Å². The molecule has 0 amide bonds. The third-order valence-corrected chi connectivity index (χ3v) is 19.8. The number of methoxy groups -OCH3 is 1. The van der Waals surface area contributed by atoms with E-state index in [1.807, 2.05) is 0 Å². The minimum atomic E-state index is -0.367. The normalized spacial score (nSPS) is 17.4. The third kappa shape index (κ3) is 15.9. The Hall–Kier alpha value is -2.66. The van der Waals surface area contributed by atoms with Crippen molar-refractivity contribution >= 4 is 17.6 Å². The van der Waals surface area contributed by atoms with E-state index in [1.165, 1.54) is 22.3 Å². The van der Waals surface area contributed by atoms with Gasteiger partial charge in [0, 0.05) is 19.5 Å². The molecule has 0 aliphatic rings. The van der Waals surface area contributed by atoms with E-state index in [0.717, 1.165) is 57.1 Å². The minimum absolute atomic E-state index is 0.0658. The molecule has 0 aliphatic carbocycles. The quantitative estimate of drug-likeness (QED) is 0.0338. The predicted octanol–water partition coefficient (Wildman–Crippen LogP) is 18.7. The molecule has 6 unspecified atom stereocenters. The Labute approximate surface area is 438 Å². The molecule has 2 rings (SSSR count). The van der Waals surface area contributed by atoms with Crippen molar-refractivity contribution in [3.05, 3.63) is 107 Å². The van der Waals surface area contributed by atoms with E-state index < -0.39 is 0 Å². The summed E-state index contributed by atoms with van der Waals surface area (Å²) in [4.78, 5) is 17.3. The van der Waals surface area contributed by atoms with Crippen molar-refractivity contribution in [3.8, 4) is 0 Å². The van der Waals surface area contributed by atoms with E-state index in [4.69, 9.17) is 21.1 Å². The molecule has 0 heterocycles. The van der Waals surface area contributed by atoms with Crippen LogP contribution in [0.5, 0.6) is 0 Å². The second kappa shape index (κ2) is 26.0. The monoisotopic (exact) mass is 986 g/mol. The Kier molecular flexibility index (Phi) is 23.6. The Morgan fingerprint density at radius 1 is 0.686 bits per heavy atom. The summed E-state index contributed by atoms with van der Waals surface area (Å²) in [5, 5.41) is 0. The minimum Gasteiger partial charge on any atom is -0.463 e. The molecule has 0 N–H and O–H groups in total. The number of nitrogens with zero attached hydrogens (tertiary/aromatic N) is 1. The van der Waals surface area contributed by atoms with E-state index in [-0.39, 0.29) is 73.6 Å². The molecule has 398 valence electrons. The average molecular weight is 987 g/mol. The molecule has 0 aromatic heterocycles. The van der Waals surface area contributed by atoms with Crippen molar-refractivity contribution in [2.75, 3.05) is 40.3 Å². The van der Waals surface area contributed by atoms with Gasteiger partial charge in [0.2, 0.25) is 0 Å². The SMILES string of the molecule is C=C/C(=C\C=C(/C)CCl)C(CC(C)(C)CC)C(C)(C)C(C)(CC)CC(c1ccccc1)C(C)(C)C(C)(C)CC(C(=O)OCCOC)C(C)(CC)C(C)(C)CCC(c1ccc(CN(C)C)cc1)C(C)(C)C. The molecule has 6 atom stereocenters. The first kappa shape index (κ1) is 63.5. The molecule has 5 heteroatoms. The molecule has 0 saturated heterocycles. The van der Waals surface area contributed by atoms with Gasteiger partial charge in [-0.25, -0.2) is 0 Å². The molecule has 2 aromatic carbocycles. The third-order valence-electron chi connectivity index (χ3n) is 19.4. The summed E-state index contributed by atoms with van der Waals surface area (Å²) in [6.07, 6.45) is 14.4. The molecule has 0 radical (unpaired) electrons. The summed E-state index contributed by atoms with van der Waals surface area (Å²) in [6.45, 7) is 51.9. The second-order valence-electron chi connectivity index (χ2n) is 26.7. The van der Waals surface area contributed by atoms with Crippen LogP contribution in [-0.2, 0) is 20.8 Å².